The molecule has 0 aromatic heterocycles. The number of hydrogen-bond donors (Lipinski definition) is 6. The van der Waals surface area contributed by atoms with Gasteiger partial charge in [0.2, 0.25) is 35.4 Å². The molecule has 6 N–H and O–H groups in total. The monoisotopic (exact) mass is 1080 g/mol. The standard InChI is InChI=1S/C54H72ClN7O14/c1-29(2)24-38-52(71)74-39(12-10-13-41(63)59-37(26-34-18-21-40(73-9)36(55)25-34)50(69)57-28-54(7,8)53(72)60-38)31(5)47-48(75-47)35-19-16-33(17-20-35)27-56-49(68)32(6)58-51(70)46(30(3)4)61-42(64)14-11-15-45(67)76-62-43(65)22-23-44(62)66/h10,13,16-21,25,29-32,37-39,46-48H,11-12,14-15,22-24,26-28H2,1-9H3,(H,56,68)(H,57,69)(H,58,70)(H,59,63)(H,60,72)(H,61,64)/b13-10+/t31?,32?,37-,38+,39+,46+,47-,48-/m1/s1. The van der Waals surface area contributed by atoms with Crippen molar-refractivity contribution >= 4 is 70.8 Å². The molecule has 0 saturated carbocycles. The number of halogens is 1. The number of carbonyl (C=O) groups excluding carboxylic acids is 10. The van der Waals surface area contributed by atoms with Gasteiger partial charge in [0.25, 0.3) is 11.8 Å². The Morgan fingerprint density at radius 3 is 2.16 bits per heavy atom. The molecule has 22 heteroatoms. The molecular formula is C54H72ClN7O14. The first-order chi connectivity index (χ1) is 35.9. The summed E-state index contributed by atoms with van der Waals surface area (Å²) in [5, 5.41) is 17.3. The van der Waals surface area contributed by atoms with E-state index in [1.54, 1.807) is 52.0 Å². The van der Waals surface area contributed by atoms with E-state index >= 15 is 0 Å². The average Bonchev–Trinajstić information content (AvgIpc) is 4.11. The third kappa shape index (κ3) is 17.3. The van der Waals surface area contributed by atoms with Gasteiger partial charge in [0, 0.05) is 57.5 Å². The molecule has 2 unspecified atom stereocenters. The number of methoxy groups -OCH3 is 1. The summed E-state index contributed by atoms with van der Waals surface area (Å²) in [4.78, 5) is 134. The van der Waals surface area contributed by atoms with Crippen molar-refractivity contribution in [2.75, 3.05) is 13.7 Å². The summed E-state index contributed by atoms with van der Waals surface area (Å²) >= 11 is 6.38. The minimum absolute atomic E-state index is 0.00390. The average molecular weight is 1080 g/mol. The number of imide groups is 1. The fraction of sp³-hybridized carbons (Fsp3) is 0.556. The van der Waals surface area contributed by atoms with Crippen molar-refractivity contribution in [1.29, 1.82) is 0 Å². The Hall–Kier alpha value is -6.87. The number of hydroxylamine groups is 2. The second-order valence-corrected chi connectivity index (χ2v) is 21.3. The maximum Gasteiger partial charge on any atom is 0.333 e. The number of esters is 1. The van der Waals surface area contributed by atoms with Crippen molar-refractivity contribution in [3.63, 3.8) is 0 Å². The van der Waals surface area contributed by atoms with Crippen molar-refractivity contribution in [2.24, 2.45) is 23.2 Å². The molecule has 2 aromatic rings. The van der Waals surface area contributed by atoms with Gasteiger partial charge in [-0.1, -0.05) is 82.6 Å². The van der Waals surface area contributed by atoms with Crippen molar-refractivity contribution < 1.29 is 67.0 Å². The molecule has 8 atom stereocenters. The third-order valence-electron chi connectivity index (χ3n) is 13.2. The minimum Gasteiger partial charge on any atom is -0.495 e. The summed E-state index contributed by atoms with van der Waals surface area (Å²) in [6, 6.07) is 8.40. The van der Waals surface area contributed by atoms with Gasteiger partial charge < -0.3 is 50.9 Å². The Labute approximate surface area is 447 Å². The first-order valence-electron chi connectivity index (χ1n) is 25.6. The SMILES string of the molecule is COc1ccc(C[C@H]2NC(=O)/C=C/C[C@@H](C(C)[C@H]3O[C@@H]3c3ccc(CNC(=O)C(C)NC(=O)[C@@H](NC(=O)CCCC(=O)ON4C(=O)CCC4=O)C(C)C)cc3)OC(=O)[C@H](CC(C)C)NC(=O)C(C)(C)CNC2=O)cc1Cl. The highest BCUT2D eigenvalue weighted by Crippen LogP contribution is 2.45. The first kappa shape index (κ1) is 60.0. The van der Waals surface area contributed by atoms with E-state index < -0.39 is 107 Å². The lowest BCUT2D eigenvalue weighted by Crippen LogP contribution is -2.54. The molecule has 3 heterocycles. The number of hydrogen-bond acceptors (Lipinski definition) is 14. The first-order valence-corrected chi connectivity index (χ1v) is 26.0. The summed E-state index contributed by atoms with van der Waals surface area (Å²) in [5.74, 6) is -6.15. The lowest BCUT2D eigenvalue weighted by molar-refractivity contribution is -0.197. The predicted molar refractivity (Wildman–Crippen MR) is 276 cm³/mol. The molecule has 21 nitrogen and oxygen atoms in total. The van der Waals surface area contributed by atoms with E-state index in [9.17, 15) is 47.9 Å². The van der Waals surface area contributed by atoms with Crippen LogP contribution in [0.5, 0.6) is 5.75 Å². The Bertz CT molecular complexity index is 2500. The predicted octanol–water partition coefficient (Wildman–Crippen LogP) is 3.74. The zero-order valence-corrected chi connectivity index (χ0v) is 45.3. The van der Waals surface area contributed by atoms with Gasteiger partial charge in [-0.25, -0.2) is 9.59 Å². The molecular weight excluding hydrogens is 1010 g/mol. The fourth-order valence-corrected chi connectivity index (χ4v) is 8.76. The van der Waals surface area contributed by atoms with Gasteiger partial charge in [0.05, 0.1) is 23.7 Å². The maximum atomic E-state index is 14.0. The van der Waals surface area contributed by atoms with Crippen LogP contribution in [0.4, 0.5) is 0 Å². The van der Waals surface area contributed by atoms with Crippen LogP contribution in [0.2, 0.25) is 5.02 Å². The van der Waals surface area contributed by atoms with Crippen molar-refractivity contribution in [3.05, 3.63) is 76.3 Å². The topological polar surface area (TPSA) is 286 Å². The highest BCUT2D eigenvalue weighted by Gasteiger charge is 2.48. The molecule has 2 saturated heterocycles. The van der Waals surface area contributed by atoms with Crippen LogP contribution < -0.4 is 36.6 Å². The Kier molecular flexibility index (Phi) is 21.5. The van der Waals surface area contributed by atoms with Crippen LogP contribution in [0.25, 0.3) is 0 Å². The van der Waals surface area contributed by atoms with E-state index in [0.29, 0.717) is 21.4 Å². The number of carbonyl (C=O) groups is 10. The quantitative estimate of drug-likeness (QED) is 0.0626. The van der Waals surface area contributed by atoms with E-state index in [0.717, 1.165) is 11.1 Å². The van der Waals surface area contributed by atoms with Crippen LogP contribution in [-0.4, -0.2) is 114 Å². The lowest BCUT2D eigenvalue weighted by atomic mass is 9.90. The molecule has 76 heavy (non-hydrogen) atoms. The van der Waals surface area contributed by atoms with E-state index in [1.165, 1.54) is 20.1 Å². The second-order valence-electron chi connectivity index (χ2n) is 20.9. The normalized spacial score (nSPS) is 22.8. The highest BCUT2D eigenvalue weighted by atomic mass is 35.5. The molecule has 2 fully saturated rings. The number of nitrogens with one attached hydrogen (secondary N) is 6. The molecule has 0 bridgehead atoms. The summed E-state index contributed by atoms with van der Waals surface area (Å²) in [5.41, 5.74) is 1.06. The Balaban J connectivity index is 1.17. The van der Waals surface area contributed by atoms with Crippen LogP contribution in [0.15, 0.2) is 54.6 Å². The molecule has 0 aliphatic carbocycles. The van der Waals surface area contributed by atoms with E-state index in [4.69, 9.17) is 30.6 Å². The van der Waals surface area contributed by atoms with E-state index in [2.05, 4.69) is 31.9 Å². The molecule has 5 rings (SSSR count). The molecule has 0 spiro atoms. The minimum atomic E-state index is -1.17. The number of amides is 8. The van der Waals surface area contributed by atoms with E-state index in [-0.39, 0.29) is 82.4 Å². The molecule has 8 amide bonds. The molecule has 3 aliphatic heterocycles. The van der Waals surface area contributed by atoms with Crippen LogP contribution in [-0.2, 0) is 75.2 Å². The Morgan fingerprint density at radius 1 is 0.855 bits per heavy atom. The van der Waals surface area contributed by atoms with Gasteiger partial charge >= 0.3 is 11.9 Å². The highest BCUT2D eigenvalue weighted by molar-refractivity contribution is 6.32. The van der Waals surface area contributed by atoms with Gasteiger partial charge in [-0.05, 0) is 80.3 Å². The van der Waals surface area contributed by atoms with Crippen LogP contribution >= 0.6 is 11.6 Å². The van der Waals surface area contributed by atoms with Gasteiger partial charge in [0.15, 0.2) is 0 Å². The van der Waals surface area contributed by atoms with Crippen molar-refractivity contribution in [3.8, 4) is 5.75 Å². The molecule has 3 aliphatic rings. The van der Waals surface area contributed by atoms with Crippen LogP contribution in [0, 0.1) is 23.2 Å². The number of ether oxygens (including phenoxy) is 3. The summed E-state index contributed by atoms with van der Waals surface area (Å²) in [7, 11) is 1.49. The molecule has 2 aromatic carbocycles. The Morgan fingerprint density at radius 2 is 1.53 bits per heavy atom. The maximum absolute atomic E-state index is 14.0. The number of nitrogens with zero attached hydrogens (tertiary/aromatic N) is 1. The number of epoxide rings is 1. The van der Waals surface area contributed by atoms with Gasteiger partial charge in [-0.3, -0.25) is 38.4 Å². The van der Waals surface area contributed by atoms with Crippen LogP contribution in [0.1, 0.15) is 123 Å². The number of cyclic esters (lactones) is 1. The summed E-state index contributed by atoms with van der Waals surface area (Å²) in [6.45, 7) is 14.0. The molecule has 0 radical (unpaired) electrons. The molecule has 414 valence electrons. The summed E-state index contributed by atoms with van der Waals surface area (Å²) in [6.07, 6.45) is 1.34. The van der Waals surface area contributed by atoms with Gasteiger partial charge in [-0.2, -0.15) is 0 Å². The fourth-order valence-electron chi connectivity index (χ4n) is 8.48. The van der Waals surface area contributed by atoms with Crippen molar-refractivity contribution in [1.82, 2.24) is 37.0 Å². The van der Waals surface area contributed by atoms with Gasteiger partial charge in [-0.15, -0.1) is 5.06 Å². The zero-order chi connectivity index (χ0) is 56.0. The van der Waals surface area contributed by atoms with Crippen LogP contribution in [0.3, 0.4) is 0 Å². The van der Waals surface area contributed by atoms with Gasteiger partial charge in [0.1, 0.15) is 42.1 Å². The van der Waals surface area contributed by atoms with Crippen molar-refractivity contribution in [2.45, 2.75) is 156 Å². The smallest absolute Gasteiger partial charge is 0.333 e. The van der Waals surface area contributed by atoms with E-state index in [1.807, 2.05) is 45.0 Å². The number of rotatable bonds is 20. The largest absolute Gasteiger partial charge is 0.495 e. The lowest BCUT2D eigenvalue weighted by Gasteiger charge is -2.30. The summed E-state index contributed by atoms with van der Waals surface area (Å²) < 4.78 is 17.6. The third-order valence-corrected chi connectivity index (χ3v) is 13.5. The number of benzene rings is 2. The zero-order valence-electron chi connectivity index (χ0n) is 44.6. The second kappa shape index (κ2) is 27.3.